The van der Waals surface area contributed by atoms with Crippen molar-refractivity contribution in [1.82, 2.24) is 20.3 Å². The molecule has 16 heteroatoms. The molecule has 6 rings (SSSR count). The zero-order valence-electron chi connectivity index (χ0n) is 22.7. The first-order chi connectivity index (χ1) is 21.1. The summed E-state index contributed by atoms with van der Waals surface area (Å²) < 4.78 is 94.7. The average Bonchev–Trinajstić information content (AvgIpc) is 3.13. The van der Waals surface area contributed by atoms with Crippen LogP contribution in [0.25, 0.3) is 10.9 Å². The number of fused-ring (bicyclic) bond motifs is 3. The van der Waals surface area contributed by atoms with Gasteiger partial charge in [0.15, 0.2) is 23.1 Å². The lowest BCUT2D eigenvalue weighted by Gasteiger charge is -2.29. The molecule has 1 aromatic carbocycles. The molecule has 1 N–H and O–H groups in total. The smallest absolute Gasteiger partial charge is 0.272 e. The second-order valence-electron chi connectivity index (χ2n) is 9.79. The van der Waals surface area contributed by atoms with E-state index in [4.69, 9.17) is 19.2 Å². The number of carbonyl (C=O) groups excluding carboxylic acids is 1. The number of aromatic nitrogens is 3. The van der Waals surface area contributed by atoms with E-state index in [9.17, 15) is 30.8 Å². The SMILES string of the molecule is O=C(NCc1cc2nc(N3CCOc4cc(OCC(F)F)cnc43)ccc2cn1)c1cc(F)c2c(c1)S(=O)(=O)[C@@H](F)CCO2. The van der Waals surface area contributed by atoms with Gasteiger partial charge in [0, 0.05) is 29.6 Å². The van der Waals surface area contributed by atoms with E-state index in [0.29, 0.717) is 40.5 Å². The van der Waals surface area contributed by atoms with Crippen LogP contribution in [-0.2, 0) is 16.4 Å². The minimum Gasteiger partial charge on any atom is -0.489 e. The number of benzene rings is 1. The summed E-state index contributed by atoms with van der Waals surface area (Å²) in [4.78, 5) is 27.3. The predicted octanol–water partition coefficient (Wildman–Crippen LogP) is 4.12. The number of anilines is 2. The Bertz CT molecular complexity index is 1860. The summed E-state index contributed by atoms with van der Waals surface area (Å²) in [6.45, 7) is -0.521. The Morgan fingerprint density at radius 2 is 1.95 bits per heavy atom. The van der Waals surface area contributed by atoms with Gasteiger partial charge in [-0.3, -0.25) is 9.78 Å². The van der Waals surface area contributed by atoms with Gasteiger partial charge in [-0.15, -0.1) is 0 Å². The van der Waals surface area contributed by atoms with Crippen molar-refractivity contribution in [2.45, 2.75) is 29.8 Å². The fourth-order valence-electron chi connectivity index (χ4n) is 4.71. The minimum absolute atomic E-state index is 0.113. The molecule has 0 aliphatic carbocycles. The van der Waals surface area contributed by atoms with E-state index in [0.717, 1.165) is 12.1 Å². The van der Waals surface area contributed by atoms with Crippen molar-refractivity contribution in [1.29, 1.82) is 0 Å². The number of halogens is 4. The summed E-state index contributed by atoms with van der Waals surface area (Å²) in [5, 5.41) is 3.25. The normalized spacial score (nSPS) is 17.2. The molecular formula is C28H23F4N5O6S. The number of amides is 1. The van der Waals surface area contributed by atoms with Crippen molar-refractivity contribution in [2.24, 2.45) is 0 Å². The highest BCUT2D eigenvalue weighted by molar-refractivity contribution is 7.92. The molecule has 0 bridgehead atoms. The molecule has 2 aliphatic rings. The third-order valence-corrected chi connectivity index (χ3v) is 8.67. The molecule has 0 unspecified atom stereocenters. The van der Waals surface area contributed by atoms with Gasteiger partial charge in [0.2, 0.25) is 15.3 Å². The maximum absolute atomic E-state index is 14.7. The maximum atomic E-state index is 14.7. The Labute approximate surface area is 247 Å². The second-order valence-corrected chi connectivity index (χ2v) is 11.8. The van der Waals surface area contributed by atoms with Crippen LogP contribution >= 0.6 is 0 Å². The van der Waals surface area contributed by atoms with Crippen LogP contribution in [0.15, 0.2) is 53.7 Å². The molecule has 1 atom stereocenters. The highest BCUT2D eigenvalue weighted by Gasteiger charge is 2.35. The van der Waals surface area contributed by atoms with Crippen molar-refractivity contribution in [3.8, 4) is 17.2 Å². The largest absolute Gasteiger partial charge is 0.489 e. The van der Waals surface area contributed by atoms with E-state index >= 15 is 0 Å². The molecule has 44 heavy (non-hydrogen) atoms. The third kappa shape index (κ3) is 5.76. The number of nitrogens with zero attached hydrogens (tertiary/aromatic N) is 4. The van der Waals surface area contributed by atoms with Gasteiger partial charge in [0.1, 0.15) is 29.7 Å². The van der Waals surface area contributed by atoms with Crippen molar-refractivity contribution in [3.63, 3.8) is 0 Å². The topological polar surface area (TPSA) is 133 Å². The fraction of sp³-hybridized carbons (Fsp3) is 0.286. The summed E-state index contributed by atoms with van der Waals surface area (Å²) in [7, 11) is -4.55. The predicted molar refractivity (Wildman–Crippen MR) is 148 cm³/mol. The number of ether oxygens (including phenoxy) is 3. The van der Waals surface area contributed by atoms with Crippen LogP contribution in [0.5, 0.6) is 17.2 Å². The van der Waals surface area contributed by atoms with Crippen molar-refractivity contribution >= 4 is 38.3 Å². The molecular weight excluding hydrogens is 610 g/mol. The Hall–Kier alpha value is -4.73. The van der Waals surface area contributed by atoms with E-state index in [1.165, 1.54) is 12.3 Å². The monoisotopic (exact) mass is 633 g/mol. The maximum Gasteiger partial charge on any atom is 0.272 e. The highest BCUT2D eigenvalue weighted by Crippen LogP contribution is 2.37. The molecule has 230 valence electrons. The summed E-state index contributed by atoms with van der Waals surface area (Å²) in [6.07, 6.45) is -0.217. The van der Waals surface area contributed by atoms with Crippen LogP contribution in [0, 0.1) is 5.82 Å². The van der Waals surface area contributed by atoms with Gasteiger partial charge >= 0.3 is 0 Å². The molecule has 0 spiro atoms. The van der Waals surface area contributed by atoms with Crippen molar-refractivity contribution < 1.29 is 45.0 Å². The molecule has 2 aliphatic heterocycles. The fourth-order valence-corrected chi connectivity index (χ4v) is 6.09. The van der Waals surface area contributed by atoms with Crippen LogP contribution < -0.4 is 24.4 Å². The molecule has 0 radical (unpaired) electrons. The molecule has 11 nitrogen and oxygen atoms in total. The summed E-state index contributed by atoms with van der Waals surface area (Å²) in [5.74, 6) is -1.08. The molecule has 5 heterocycles. The van der Waals surface area contributed by atoms with Gasteiger partial charge in [-0.25, -0.2) is 35.9 Å². The van der Waals surface area contributed by atoms with Crippen LogP contribution in [-0.4, -0.2) is 67.6 Å². The summed E-state index contributed by atoms with van der Waals surface area (Å²) in [6, 6.07) is 8.39. The van der Waals surface area contributed by atoms with Crippen LogP contribution in [0.2, 0.25) is 0 Å². The Balaban J connectivity index is 1.20. The quantitative estimate of drug-likeness (QED) is 0.297. The van der Waals surface area contributed by atoms with Crippen molar-refractivity contribution in [3.05, 3.63) is 65.9 Å². The van der Waals surface area contributed by atoms with Crippen LogP contribution in [0.4, 0.5) is 29.2 Å². The third-order valence-electron chi connectivity index (χ3n) is 6.84. The first kappa shape index (κ1) is 29.3. The van der Waals surface area contributed by atoms with Crippen molar-refractivity contribution in [2.75, 3.05) is 31.3 Å². The van der Waals surface area contributed by atoms with E-state index in [2.05, 4.69) is 15.3 Å². The Kier molecular flexibility index (Phi) is 7.84. The zero-order valence-corrected chi connectivity index (χ0v) is 23.5. The van der Waals surface area contributed by atoms with Gasteiger partial charge in [-0.05, 0) is 30.3 Å². The highest BCUT2D eigenvalue weighted by atomic mass is 32.2. The van der Waals surface area contributed by atoms with E-state index in [1.807, 2.05) is 0 Å². The number of hydrogen-bond acceptors (Lipinski definition) is 10. The number of sulfone groups is 1. The number of nitrogens with one attached hydrogen (secondary N) is 1. The lowest BCUT2D eigenvalue weighted by Crippen LogP contribution is -2.30. The molecule has 0 saturated heterocycles. The Morgan fingerprint density at radius 3 is 2.77 bits per heavy atom. The first-order valence-electron chi connectivity index (χ1n) is 13.3. The van der Waals surface area contributed by atoms with Gasteiger partial charge in [-0.2, -0.15) is 0 Å². The lowest BCUT2D eigenvalue weighted by atomic mass is 10.2. The average molecular weight is 634 g/mol. The van der Waals surface area contributed by atoms with Gasteiger partial charge in [-0.1, -0.05) is 0 Å². The second kappa shape index (κ2) is 11.7. The lowest BCUT2D eigenvalue weighted by molar-refractivity contribution is 0.0815. The van der Waals surface area contributed by atoms with Gasteiger partial charge in [0.05, 0.1) is 37.1 Å². The first-order valence-corrected chi connectivity index (χ1v) is 14.8. The number of carbonyl (C=O) groups is 1. The standard InChI is InChI=1S/C28H23F4N5O6S/c29-19-7-16(8-22-26(19)42-5-3-24(32)44(22,39)40)28(38)35-12-17-9-20-15(11-33-17)1-2-25(36-20)37-4-6-41-21-10-18(13-34-27(21)37)43-14-23(30)31/h1-2,7-11,13,23-24H,3-6,12,14H2,(H,35,38)/t24-/m1/s1. The minimum atomic E-state index is -4.55. The molecule has 1 amide bonds. The molecule has 4 aromatic rings. The van der Waals surface area contributed by atoms with Crippen LogP contribution in [0.1, 0.15) is 22.5 Å². The number of pyridine rings is 3. The van der Waals surface area contributed by atoms with Crippen LogP contribution in [0.3, 0.4) is 0 Å². The number of alkyl halides is 3. The van der Waals surface area contributed by atoms with E-state index < -0.39 is 57.2 Å². The van der Waals surface area contributed by atoms with Gasteiger partial charge in [0.25, 0.3) is 12.3 Å². The number of hydrogen-bond donors (Lipinski definition) is 1. The molecule has 0 fully saturated rings. The molecule has 3 aromatic heterocycles. The molecule has 0 saturated carbocycles. The van der Waals surface area contributed by atoms with E-state index in [1.54, 1.807) is 29.3 Å². The number of rotatable bonds is 7. The zero-order chi connectivity index (χ0) is 31.0. The summed E-state index contributed by atoms with van der Waals surface area (Å²) >= 11 is 0. The van der Waals surface area contributed by atoms with E-state index in [-0.39, 0.29) is 31.1 Å². The Morgan fingerprint density at radius 1 is 1.11 bits per heavy atom. The summed E-state index contributed by atoms with van der Waals surface area (Å²) in [5.41, 5.74) is -1.69. The van der Waals surface area contributed by atoms with Gasteiger partial charge < -0.3 is 24.4 Å².